The molecule has 4 nitrogen and oxygen atoms in total. The van der Waals surface area contributed by atoms with Gasteiger partial charge < -0.3 is 5.32 Å². The number of para-hydroxylation sites is 2. The van der Waals surface area contributed by atoms with Crippen LogP contribution in [0.3, 0.4) is 0 Å². The molecule has 1 amide bonds. The Balaban J connectivity index is 1.45. The van der Waals surface area contributed by atoms with Gasteiger partial charge in [0, 0.05) is 4.90 Å². The summed E-state index contributed by atoms with van der Waals surface area (Å²) in [5.41, 5.74) is 1.41. The monoisotopic (exact) mass is 419 g/mol. The number of carbonyl (C=O) groups is 1. The van der Waals surface area contributed by atoms with Crippen molar-refractivity contribution >= 4 is 44.9 Å². The molecule has 1 saturated heterocycles. The van der Waals surface area contributed by atoms with Crippen molar-refractivity contribution in [2.24, 2.45) is 0 Å². The fourth-order valence-electron chi connectivity index (χ4n) is 3.47. The smallest absolute Gasteiger partial charge is 0.288 e. The fraction of sp³-hybridized carbons (Fsp3) is 0.300. The molecule has 2 heterocycles. The zero-order valence-corrected chi connectivity index (χ0v) is 16.6. The van der Waals surface area contributed by atoms with Gasteiger partial charge in [-0.15, -0.1) is 11.3 Å². The van der Waals surface area contributed by atoms with Crippen LogP contribution in [0.15, 0.2) is 53.4 Å². The summed E-state index contributed by atoms with van der Waals surface area (Å²) in [5, 5.41) is 3.82. The van der Waals surface area contributed by atoms with E-state index in [1.165, 1.54) is 0 Å². The molecule has 1 unspecified atom stereocenters. The highest BCUT2D eigenvalue weighted by Crippen LogP contribution is 2.36. The first-order valence-corrected chi connectivity index (χ1v) is 10.7. The molecule has 0 aliphatic carbocycles. The van der Waals surface area contributed by atoms with Gasteiger partial charge in [-0.25, -0.2) is 4.98 Å². The van der Waals surface area contributed by atoms with Crippen molar-refractivity contribution in [3.63, 3.8) is 0 Å². The number of thiazole rings is 1. The number of rotatable bonds is 6. The van der Waals surface area contributed by atoms with Crippen LogP contribution >= 0.6 is 23.1 Å². The molecule has 4 rings (SSSR count). The van der Waals surface area contributed by atoms with E-state index in [-0.39, 0.29) is 18.5 Å². The van der Waals surface area contributed by atoms with Crippen LogP contribution in [0.2, 0.25) is 0 Å². The van der Waals surface area contributed by atoms with Crippen LogP contribution in [-0.4, -0.2) is 34.6 Å². The van der Waals surface area contributed by atoms with E-state index in [1.54, 1.807) is 35.6 Å². The lowest BCUT2D eigenvalue weighted by molar-refractivity contribution is -0.117. The minimum atomic E-state index is -2.53. The molecule has 2 aromatic carbocycles. The summed E-state index contributed by atoms with van der Waals surface area (Å²) in [6.07, 6.45) is 1.97. The molecule has 1 N–H and O–H groups in total. The van der Waals surface area contributed by atoms with Crippen LogP contribution in [0.4, 0.5) is 14.5 Å². The van der Waals surface area contributed by atoms with Crippen LogP contribution in [-0.2, 0) is 4.79 Å². The summed E-state index contributed by atoms with van der Waals surface area (Å²) in [7, 11) is 0. The second kappa shape index (κ2) is 8.55. The quantitative estimate of drug-likeness (QED) is 0.545. The zero-order valence-electron chi connectivity index (χ0n) is 15.0. The molecule has 0 radical (unpaired) electrons. The Kier molecular flexibility index (Phi) is 5.89. The van der Waals surface area contributed by atoms with Gasteiger partial charge in [0.2, 0.25) is 5.91 Å². The van der Waals surface area contributed by atoms with E-state index in [9.17, 15) is 13.6 Å². The normalized spacial score (nSPS) is 17.5. The molecule has 146 valence electrons. The Bertz CT molecular complexity index is 946. The summed E-state index contributed by atoms with van der Waals surface area (Å²) < 4.78 is 26.6. The van der Waals surface area contributed by atoms with Crippen LogP contribution in [0.25, 0.3) is 10.2 Å². The number of carbonyl (C=O) groups excluding carboxylic acids is 1. The van der Waals surface area contributed by atoms with E-state index < -0.39 is 5.76 Å². The van der Waals surface area contributed by atoms with Gasteiger partial charge in [0.1, 0.15) is 5.01 Å². The summed E-state index contributed by atoms with van der Waals surface area (Å²) in [6, 6.07) is 14.8. The van der Waals surface area contributed by atoms with Crippen LogP contribution in [0.1, 0.15) is 23.9 Å². The van der Waals surface area contributed by atoms with Gasteiger partial charge in [-0.05, 0) is 43.7 Å². The number of amides is 1. The molecule has 3 aromatic rings. The van der Waals surface area contributed by atoms with Crippen LogP contribution in [0.5, 0.6) is 0 Å². The number of anilines is 1. The molecule has 0 spiro atoms. The van der Waals surface area contributed by atoms with Gasteiger partial charge in [-0.3, -0.25) is 9.69 Å². The predicted molar refractivity (Wildman–Crippen MR) is 110 cm³/mol. The number of nitrogens with one attached hydrogen (secondary N) is 1. The minimum absolute atomic E-state index is 0.119. The van der Waals surface area contributed by atoms with E-state index in [4.69, 9.17) is 4.98 Å². The lowest BCUT2D eigenvalue weighted by atomic mass is 10.2. The Morgan fingerprint density at radius 2 is 2.04 bits per heavy atom. The highest BCUT2D eigenvalue weighted by molar-refractivity contribution is 7.99. The van der Waals surface area contributed by atoms with Gasteiger partial charge >= 0.3 is 0 Å². The minimum Gasteiger partial charge on any atom is -0.324 e. The maximum Gasteiger partial charge on any atom is 0.288 e. The van der Waals surface area contributed by atoms with Gasteiger partial charge in [-0.1, -0.05) is 36.0 Å². The van der Waals surface area contributed by atoms with Crippen molar-refractivity contribution in [1.82, 2.24) is 9.88 Å². The maximum atomic E-state index is 12.7. The topological polar surface area (TPSA) is 45.2 Å². The zero-order chi connectivity index (χ0) is 19.5. The molecule has 1 aliphatic rings. The van der Waals surface area contributed by atoms with Crippen LogP contribution < -0.4 is 5.32 Å². The summed E-state index contributed by atoms with van der Waals surface area (Å²) in [6.45, 7) is 1.04. The number of alkyl halides is 2. The number of likely N-dealkylation sites (tertiary alicyclic amines) is 1. The van der Waals surface area contributed by atoms with E-state index in [2.05, 4.69) is 16.3 Å². The van der Waals surface area contributed by atoms with Gasteiger partial charge in [0.05, 0.1) is 28.5 Å². The molecule has 8 heteroatoms. The third kappa shape index (κ3) is 4.34. The van der Waals surface area contributed by atoms with Crippen LogP contribution in [0, 0.1) is 0 Å². The molecule has 28 heavy (non-hydrogen) atoms. The molecular weight excluding hydrogens is 400 g/mol. The highest BCUT2D eigenvalue weighted by Gasteiger charge is 2.30. The molecule has 1 fully saturated rings. The van der Waals surface area contributed by atoms with Crippen molar-refractivity contribution < 1.29 is 13.6 Å². The highest BCUT2D eigenvalue weighted by atomic mass is 32.2. The predicted octanol–water partition coefficient (Wildman–Crippen LogP) is 5.39. The lowest BCUT2D eigenvalue weighted by Crippen LogP contribution is -2.33. The number of benzene rings is 2. The third-order valence-corrected chi connectivity index (χ3v) is 6.61. The lowest BCUT2D eigenvalue weighted by Gasteiger charge is -2.22. The molecule has 1 atom stereocenters. The number of thioether (sulfide) groups is 1. The number of hydrogen-bond acceptors (Lipinski definition) is 5. The Labute approximate surface area is 170 Å². The summed E-state index contributed by atoms with van der Waals surface area (Å²) in [5.74, 6) is -2.73. The SMILES string of the molecule is O=C(CN1CCCC1c1nc2ccccc2s1)Nc1ccccc1SC(F)F. The first kappa shape index (κ1) is 19.3. The van der Waals surface area contributed by atoms with E-state index in [0.29, 0.717) is 22.3 Å². The molecule has 1 aliphatic heterocycles. The standard InChI is InChI=1S/C20H19F2N3OS2/c21-20(22)28-17-10-4-1-6-13(17)23-18(26)12-25-11-5-8-15(25)19-24-14-7-2-3-9-16(14)27-19/h1-4,6-7,9-10,15,20H,5,8,11-12H2,(H,23,26). The first-order valence-electron chi connectivity index (χ1n) is 9.03. The molecule has 0 bridgehead atoms. The largest absolute Gasteiger partial charge is 0.324 e. The average molecular weight is 420 g/mol. The number of fused-ring (bicyclic) bond motifs is 1. The van der Waals surface area contributed by atoms with Gasteiger partial charge in [0.15, 0.2) is 0 Å². The van der Waals surface area contributed by atoms with Gasteiger partial charge in [-0.2, -0.15) is 8.78 Å². The number of nitrogens with zero attached hydrogens (tertiary/aromatic N) is 2. The summed E-state index contributed by atoms with van der Waals surface area (Å²) >= 11 is 2.11. The van der Waals surface area contributed by atoms with Crippen molar-refractivity contribution in [3.05, 3.63) is 53.5 Å². The average Bonchev–Trinajstić information content (AvgIpc) is 3.29. The maximum absolute atomic E-state index is 12.7. The van der Waals surface area contributed by atoms with Gasteiger partial charge in [0.25, 0.3) is 5.76 Å². The first-order chi connectivity index (χ1) is 13.6. The third-order valence-electron chi connectivity index (χ3n) is 4.68. The Morgan fingerprint density at radius 3 is 2.86 bits per heavy atom. The number of halogens is 2. The summed E-state index contributed by atoms with van der Waals surface area (Å²) in [4.78, 5) is 19.8. The van der Waals surface area contributed by atoms with Crippen molar-refractivity contribution in [2.45, 2.75) is 29.5 Å². The van der Waals surface area contributed by atoms with Crippen molar-refractivity contribution in [2.75, 3.05) is 18.4 Å². The molecular formula is C20H19F2N3OS2. The van der Waals surface area contributed by atoms with E-state index >= 15 is 0 Å². The number of aromatic nitrogens is 1. The second-order valence-corrected chi connectivity index (χ2v) is 8.67. The van der Waals surface area contributed by atoms with Crippen molar-refractivity contribution in [1.29, 1.82) is 0 Å². The Morgan fingerprint density at radius 1 is 1.25 bits per heavy atom. The second-order valence-electron chi connectivity index (χ2n) is 6.57. The van der Waals surface area contributed by atoms with E-state index in [0.717, 1.165) is 34.6 Å². The number of hydrogen-bond donors (Lipinski definition) is 1. The molecule has 1 aromatic heterocycles. The van der Waals surface area contributed by atoms with Crippen molar-refractivity contribution in [3.8, 4) is 0 Å². The molecule has 0 saturated carbocycles. The van der Waals surface area contributed by atoms with E-state index in [1.807, 2.05) is 18.2 Å². The Hall–Kier alpha value is -2.03. The fourth-order valence-corrected chi connectivity index (χ4v) is 5.20.